The van der Waals surface area contributed by atoms with Crippen molar-refractivity contribution in [3.8, 4) is 17.5 Å². The van der Waals surface area contributed by atoms with Crippen molar-refractivity contribution in [1.82, 2.24) is 15.2 Å². The number of aromatic nitrogens is 3. The number of hydrogen-bond acceptors (Lipinski definition) is 8. The van der Waals surface area contributed by atoms with Crippen LogP contribution in [0.3, 0.4) is 0 Å². The SMILES string of the molecule is C=CCCC(OCc1ccccc1)(c1nnc(-c2nc(OC3=CI=CC=C3)c(C(F)(F)F)cc2[N+](=O)[O-])o1)C(F)(F)F. The molecule has 9 nitrogen and oxygen atoms in total. The number of benzene rings is 1. The van der Waals surface area contributed by atoms with Crippen LogP contribution in [0.25, 0.3) is 11.6 Å². The first-order valence-electron chi connectivity index (χ1n) is 11.8. The fraction of sp³-hybridized carbons (Fsp3) is 0.231. The van der Waals surface area contributed by atoms with Gasteiger partial charge in [0.2, 0.25) is 17.2 Å². The van der Waals surface area contributed by atoms with Gasteiger partial charge in [-0.05, 0) is 28.5 Å². The maximum absolute atomic E-state index is 14.6. The molecule has 1 atom stereocenters. The van der Waals surface area contributed by atoms with Gasteiger partial charge in [-0.2, -0.15) is 26.3 Å². The Bertz CT molecular complexity index is 1550. The minimum Gasteiger partial charge on any atom is -0.438 e. The lowest BCUT2D eigenvalue weighted by atomic mass is 9.96. The summed E-state index contributed by atoms with van der Waals surface area (Å²) in [5.74, 6) is -3.15. The highest BCUT2D eigenvalue weighted by molar-refractivity contribution is 14.2. The first-order chi connectivity index (χ1) is 19.9. The molecule has 0 radical (unpaired) electrons. The van der Waals surface area contributed by atoms with Gasteiger partial charge >= 0.3 is 18.0 Å². The minimum absolute atomic E-state index is 0.00384. The van der Waals surface area contributed by atoms with E-state index < -0.39 is 91.2 Å². The van der Waals surface area contributed by atoms with Gasteiger partial charge in [0, 0.05) is 10.1 Å². The lowest BCUT2D eigenvalue weighted by molar-refractivity contribution is -0.384. The van der Waals surface area contributed by atoms with Crippen LogP contribution >= 0.6 is 20.7 Å². The molecule has 1 unspecified atom stereocenters. The van der Waals surface area contributed by atoms with Crippen LogP contribution < -0.4 is 4.74 Å². The molecule has 0 spiro atoms. The van der Waals surface area contributed by atoms with Crippen LogP contribution in [0.1, 0.15) is 29.9 Å². The van der Waals surface area contributed by atoms with Crippen molar-refractivity contribution in [1.29, 1.82) is 0 Å². The van der Waals surface area contributed by atoms with Crippen molar-refractivity contribution in [3.05, 3.63) is 98.2 Å². The molecule has 0 N–H and O–H groups in total. The topological polar surface area (TPSA) is 113 Å². The summed E-state index contributed by atoms with van der Waals surface area (Å²) in [4.78, 5) is 14.2. The first kappa shape index (κ1) is 31.0. The summed E-state index contributed by atoms with van der Waals surface area (Å²) >= 11 is -0.665. The van der Waals surface area contributed by atoms with E-state index in [2.05, 4.69) is 21.8 Å². The molecule has 42 heavy (non-hydrogen) atoms. The Hall–Kier alpha value is -3.93. The second-order valence-electron chi connectivity index (χ2n) is 8.53. The Morgan fingerprint density at radius 1 is 1.12 bits per heavy atom. The average molecular weight is 708 g/mol. The number of alkyl halides is 6. The zero-order valence-electron chi connectivity index (χ0n) is 21.2. The van der Waals surface area contributed by atoms with E-state index in [1.165, 1.54) is 28.4 Å². The van der Waals surface area contributed by atoms with Crippen LogP contribution in [0.2, 0.25) is 0 Å². The number of ether oxygens (including phenoxy) is 2. The van der Waals surface area contributed by atoms with E-state index in [0.29, 0.717) is 5.56 Å². The standard InChI is InChI=1S/C26H19F6IN4O5/c1-2-3-11-24(26(30,31)32,40-15-16-8-5-4-6-9-16)23-36-35-22(42-23)20-19(37(38)39)13-18(25(27,28)29)21(34-20)41-17-10-7-12-33-14-17/h2,4-10,12-14H,1,3,11,15H2. The molecule has 222 valence electrons. The summed E-state index contributed by atoms with van der Waals surface area (Å²) < 4.78 is 105. The van der Waals surface area contributed by atoms with Crippen LogP contribution in [0.5, 0.6) is 5.88 Å². The molecule has 0 aliphatic carbocycles. The van der Waals surface area contributed by atoms with Crippen LogP contribution in [0, 0.1) is 10.1 Å². The molecular weight excluding hydrogens is 689 g/mol. The summed E-state index contributed by atoms with van der Waals surface area (Å²) in [5.41, 5.74) is -6.56. The van der Waals surface area contributed by atoms with Gasteiger partial charge in [-0.25, -0.2) is 4.98 Å². The van der Waals surface area contributed by atoms with Gasteiger partial charge in [0.25, 0.3) is 11.8 Å². The van der Waals surface area contributed by atoms with Crippen molar-refractivity contribution >= 4 is 30.4 Å². The van der Waals surface area contributed by atoms with E-state index >= 15 is 0 Å². The van der Waals surface area contributed by atoms with Gasteiger partial charge in [0.15, 0.2) is 0 Å². The van der Waals surface area contributed by atoms with Gasteiger partial charge in [-0.1, -0.05) is 63.2 Å². The number of nitrogens with zero attached hydrogens (tertiary/aromatic N) is 4. The van der Waals surface area contributed by atoms with Crippen molar-refractivity contribution in [2.45, 2.75) is 37.4 Å². The number of halogens is 7. The number of hydrogen-bond donors (Lipinski definition) is 0. The molecule has 3 heterocycles. The predicted molar refractivity (Wildman–Crippen MR) is 146 cm³/mol. The van der Waals surface area contributed by atoms with Crippen molar-refractivity contribution in [3.63, 3.8) is 0 Å². The first-order valence-corrected chi connectivity index (χ1v) is 14.3. The molecule has 0 bridgehead atoms. The largest absolute Gasteiger partial charge is 0.438 e. The van der Waals surface area contributed by atoms with Crippen molar-refractivity contribution in [2.75, 3.05) is 0 Å². The number of nitro groups is 1. The van der Waals surface area contributed by atoms with Gasteiger partial charge in [-0.15, -0.1) is 16.8 Å². The highest BCUT2D eigenvalue weighted by atomic mass is 127. The van der Waals surface area contributed by atoms with Crippen molar-refractivity contribution < 1.29 is 45.2 Å². The molecule has 16 heteroatoms. The monoisotopic (exact) mass is 708 g/mol. The minimum atomic E-state index is -5.14. The lowest BCUT2D eigenvalue weighted by Gasteiger charge is -2.32. The molecule has 4 rings (SSSR count). The molecule has 2 aromatic heterocycles. The summed E-state index contributed by atoms with van der Waals surface area (Å²) in [6, 6.07) is 8.05. The summed E-state index contributed by atoms with van der Waals surface area (Å²) in [6.45, 7) is 2.90. The Balaban J connectivity index is 1.85. The molecule has 1 aliphatic rings. The summed E-state index contributed by atoms with van der Waals surface area (Å²) in [5, 5.41) is 18.7. The maximum Gasteiger partial charge on any atom is 0.426 e. The van der Waals surface area contributed by atoms with Crippen LogP contribution in [0.15, 0.2) is 75.5 Å². The third kappa shape index (κ3) is 6.75. The zero-order valence-corrected chi connectivity index (χ0v) is 23.3. The van der Waals surface area contributed by atoms with E-state index in [1.54, 1.807) is 28.3 Å². The Morgan fingerprint density at radius 3 is 2.45 bits per heavy atom. The third-order valence-electron chi connectivity index (χ3n) is 5.72. The van der Waals surface area contributed by atoms with Gasteiger partial charge in [0.1, 0.15) is 11.3 Å². The molecule has 0 fully saturated rings. The van der Waals surface area contributed by atoms with Crippen molar-refractivity contribution in [2.24, 2.45) is 0 Å². The Kier molecular flexibility index (Phi) is 9.24. The number of pyridine rings is 1. The van der Waals surface area contributed by atoms with Crippen LogP contribution in [-0.2, 0) is 23.1 Å². The average Bonchev–Trinajstić information content (AvgIpc) is 3.43. The zero-order chi connectivity index (χ0) is 30.5. The van der Waals surface area contributed by atoms with E-state index in [9.17, 15) is 36.5 Å². The maximum atomic E-state index is 14.6. The fourth-order valence-electron chi connectivity index (χ4n) is 3.69. The molecule has 1 aromatic carbocycles. The molecule has 0 saturated carbocycles. The highest BCUT2D eigenvalue weighted by Gasteiger charge is 2.61. The fourth-order valence-corrected chi connectivity index (χ4v) is 5.04. The summed E-state index contributed by atoms with van der Waals surface area (Å²) in [7, 11) is 0. The van der Waals surface area contributed by atoms with Gasteiger partial charge in [0.05, 0.1) is 11.5 Å². The predicted octanol–water partition coefficient (Wildman–Crippen LogP) is 7.56. The Morgan fingerprint density at radius 2 is 1.86 bits per heavy atom. The van der Waals surface area contributed by atoms with Crippen LogP contribution in [-0.4, -0.2) is 30.3 Å². The molecular formula is C26H19F6IN4O5. The molecule has 3 aromatic rings. The van der Waals surface area contributed by atoms with Crippen LogP contribution in [0.4, 0.5) is 32.0 Å². The quantitative estimate of drug-likeness (QED) is 0.0660. The van der Waals surface area contributed by atoms with E-state index in [1.807, 2.05) is 0 Å². The number of rotatable bonds is 11. The van der Waals surface area contributed by atoms with Gasteiger partial charge < -0.3 is 13.9 Å². The summed E-state index contributed by atoms with van der Waals surface area (Å²) in [6.07, 6.45) is -7.11. The van der Waals surface area contributed by atoms with Gasteiger partial charge in [-0.3, -0.25) is 10.1 Å². The normalized spacial score (nSPS) is 15.0. The molecule has 1 aliphatic heterocycles. The Labute approximate surface area is 243 Å². The second kappa shape index (κ2) is 12.5. The third-order valence-corrected chi connectivity index (χ3v) is 7.52. The van der Waals surface area contributed by atoms with E-state index in [4.69, 9.17) is 13.9 Å². The molecule has 0 saturated heterocycles. The molecule has 0 amide bonds. The second-order valence-corrected chi connectivity index (χ2v) is 10.6. The van der Waals surface area contributed by atoms with E-state index in [0.717, 1.165) is 0 Å². The number of allylic oxidation sites excluding steroid dienone is 3. The smallest absolute Gasteiger partial charge is 0.426 e. The lowest BCUT2D eigenvalue weighted by Crippen LogP contribution is -2.45. The highest BCUT2D eigenvalue weighted by Crippen LogP contribution is 2.47. The van der Waals surface area contributed by atoms with E-state index in [-0.39, 0.29) is 18.2 Å².